The van der Waals surface area contributed by atoms with Crippen LogP contribution in [0, 0.1) is 0 Å². The maximum Gasteiger partial charge on any atom is 0.326 e. The molecule has 1 atom stereocenters. The quantitative estimate of drug-likeness (QED) is 0.423. The Morgan fingerprint density at radius 1 is 1.20 bits per heavy atom. The highest BCUT2D eigenvalue weighted by atomic mass is 16.4. The van der Waals surface area contributed by atoms with Crippen molar-refractivity contribution in [2.45, 2.75) is 51.5 Å². The minimum absolute atomic E-state index is 0.238. The zero-order chi connectivity index (χ0) is 18.7. The number of amides is 2. The van der Waals surface area contributed by atoms with Crippen LogP contribution in [0.2, 0.25) is 0 Å². The van der Waals surface area contributed by atoms with E-state index in [0.717, 1.165) is 32.1 Å². The number of carboxylic acids is 1. The number of benzene rings is 1. The normalized spacial score (nSPS) is 11.4. The van der Waals surface area contributed by atoms with Crippen molar-refractivity contribution in [1.82, 2.24) is 5.32 Å². The van der Waals surface area contributed by atoms with Crippen LogP contribution in [0.1, 0.15) is 55.8 Å². The second kappa shape index (κ2) is 11.0. The number of aliphatic carboxylic acids is 1. The van der Waals surface area contributed by atoms with Gasteiger partial charge in [0.2, 0.25) is 5.91 Å². The van der Waals surface area contributed by atoms with Crippen LogP contribution in [0.15, 0.2) is 36.9 Å². The first-order valence-corrected chi connectivity index (χ1v) is 8.46. The van der Waals surface area contributed by atoms with Crippen molar-refractivity contribution < 1.29 is 19.5 Å². The molecule has 0 unspecified atom stereocenters. The third-order valence-electron chi connectivity index (χ3n) is 3.70. The molecule has 6 nitrogen and oxygen atoms in total. The van der Waals surface area contributed by atoms with Gasteiger partial charge in [-0.2, -0.15) is 0 Å². The second-order valence-electron chi connectivity index (χ2n) is 5.91. The van der Waals surface area contributed by atoms with E-state index in [1.165, 1.54) is 13.0 Å². The molecule has 1 aromatic carbocycles. The van der Waals surface area contributed by atoms with Crippen molar-refractivity contribution in [3.63, 3.8) is 0 Å². The lowest BCUT2D eigenvalue weighted by Gasteiger charge is -2.15. The minimum Gasteiger partial charge on any atom is -0.480 e. The summed E-state index contributed by atoms with van der Waals surface area (Å²) in [6.45, 7) is 5.04. The van der Waals surface area contributed by atoms with Crippen LogP contribution in [0.25, 0.3) is 0 Å². The van der Waals surface area contributed by atoms with Gasteiger partial charge in [0, 0.05) is 18.2 Å². The highest BCUT2D eigenvalue weighted by molar-refractivity contribution is 5.98. The van der Waals surface area contributed by atoms with Gasteiger partial charge in [0.05, 0.1) is 0 Å². The Hall–Kier alpha value is -2.63. The number of nitrogens with one attached hydrogen (secondary N) is 2. The topological polar surface area (TPSA) is 95.5 Å². The number of allylic oxidation sites excluding steroid dienone is 1. The SMILES string of the molecule is C=CCCCCCC[C@H](NC(=O)c1cccc(NC(C)=O)c1)C(=O)O. The molecule has 0 aliphatic rings. The van der Waals surface area contributed by atoms with Gasteiger partial charge in [0.15, 0.2) is 0 Å². The first-order chi connectivity index (χ1) is 11.9. The van der Waals surface area contributed by atoms with E-state index in [9.17, 15) is 19.5 Å². The molecule has 0 saturated heterocycles. The smallest absolute Gasteiger partial charge is 0.326 e. The second-order valence-corrected chi connectivity index (χ2v) is 5.91. The molecule has 136 valence electrons. The van der Waals surface area contributed by atoms with Crippen molar-refractivity contribution in [1.29, 1.82) is 0 Å². The van der Waals surface area contributed by atoms with E-state index in [2.05, 4.69) is 17.2 Å². The molecule has 0 aliphatic heterocycles. The third kappa shape index (κ3) is 8.15. The molecule has 25 heavy (non-hydrogen) atoms. The standard InChI is InChI=1S/C19H26N2O4/c1-3-4-5-6-7-8-12-17(19(24)25)21-18(23)15-10-9-11-16(13-15)20-14(2)22/h3,9-11,13,17H,1,4-8,12H2,2H3,(H,20,22)(H,21,23)(H,24,25)/t17-/m0/s1. The van der Waals surface area contributed by atoms with Crippen LogP contribution in [-0.4, -0.2) is 28.9 Å². The molecular weight excluding hydrogens is 320 g/mol. The molecule has 0 aromatic heterocycles. The van der Waals surface area contributed by atoms with Crippen molar-refractivity contribution in [2.75, 3.05) is 5.32 Å². The van der Waals surface area contributed by atoms with Crippen molar-refractivity contribution >= 4 is 23.5 Å². The predicted octanol–water partition coefficient (Wildman–Crippen LogP) is 3.35. The summed E-state index contributed by atoms with van der Waals surface area (Å²) >= 11 is 0. The average molecular weight is 346 g/mol. The Balaban J connectivity index is 2.56. The number of rotatable bonds is 11. The number of hydrogen-bond donors (Lipinski definition) is 3. The molecule has 0 heterocycles. The zero-order valence-electron chi connectivity index (χ0n) is 14.6. The van der Waals surface area contributed by atoms with Crippen LogP contribution in [-0.2, 0) is 9.59 Å². The summed E-state index contributed by atoms with van der Waals surface area (Å²) in [5, 5.41) is 14.4. The van der Waals surface area contributed by atoms with Gasteiger partial charge < -0.3 is 15.7 Å². The number of carbonyl (C=O) groups is 3. The lowest BCUT2D eigenvalue weighted by molar-refractivity contribution is -0.139. The van der Waals surface area contributed by atoms with Crippen LogP contribution in [0.5, 0.6) is 0 Å². The van der Waals surface area contributed by atoms with E-state index in [-0.39, 0.29) is 5.91 Å². The summed E-state index contributed by atoms with van der Waals surface area (Å²) < 4.78 is 0. The molecule has 0 saturated carbocycles. The number of anilines is 1. The molecule has 3 N–H and O–H groups in total. The molecule has 6 heteroatoms. The van der Waals surface area contributed by atoms with E-state index in [1.807, 2.05) is 6.08 Å². The summed E-state index contributed by atoms with van der Waals surface area (Å²) in [5.74, 6) is -1.75. The summed E-state index contributed by atoms with van der Waals surface area (Å²) in [5.41, 5.74) is 0.803. The molecule has 0 spiro atoms. The van der Waals surface area contributed by atoms with Gasteiger partial charge in [0.1, 0.15) is 6.04 Å². The Kier molecular flexibility index (Phi) is 9.00. The van der Waals surface area contributed by atoms with Crippen LogP contribution >= 0.6 is 0 Å². The molecule has 0 fully saturated rings. The minimum atomic E-state index is -1.04. The highest BCUT2D eigenvalue weighted by Crippen LogP contribution is 2.12. The van der Waals surface area contributed by atoms with Crippen molar-refractivity contribution in [2.24, 2.45) is 0 Å². The average Bonchev–Trinajstić information content (AvgIpc) is 2.56. The Morgan fingerprint density at radius 2 is 1.92 bits per heavy atom. The van der Waals surface area contributed by atoms with Crippen LogP contribution in [0.3, 0.4) is 0 Å². The van der Waals surface area contributed by atoms with E-state index in [0.29, 0.717) is 17.7 Å². The molecule has 1 aromatic rings. The Labute approximate surface area is 148 Å². The molecule has 2 amide bonds. The zero-order valence-corrected chi connectivity index (χ0v) is 14.6. The predicted molar refractivity (Wildman–Crippen MR) is 97.5 cm³/mol. The van der Waals surface area contributed by atoms with Crippen LogP contribution < -0.4 is 10.6 Å². The number of carbonyl (C=O) groups excluding carboxylic acids is 2. The highest BCUT2D eigenvalue weighted by Gasteiger charge is 2.20. The Bertz CT molecular complexity index is 613. The summed E-state index contributed by atoms with van der Waals surface area (Å²) in [4.78, 5) is 34.7. The fraction of sp³-hybridized carbons (Fsp3) is 0.421. The number of hydrogen-bond acceptors (Lipinski definition) is 3. The first kappa shape index (κ1) is 20.4. The summed E-state index contributed by atoms with van der Waals surface area (Å²) in [7, 11) is 0. The third-order valence-corrected chi connectivity index (χ3v) is 3.70. The molecular formula is C19H26N2O4. The maximum absolute atomic E-state index is 12.3. The largest absolute Gasteiger partial charge is 0.480 e. The van der Waals surface area contributed by atoms with Crippen LogP contribution in [0.4, 0.5) is 5.69 Å². The van der Waals surface area contributed by atoms with Crippen molar-refractivity contribution in [3.8, 4) is 0 Å². The van der Waals surface area contributed by atoms with E-state index < -0.39 is 17.9 Å². The number of unbranched alkanes of at least 4 members (excludes halogenated alkanes) is 4. The van der Waals surface area contributed by atoms with Gasteiger partial charge in [-0.05, 0) is 37.5 Å². The van der Waals surface area contributed by atoms with E-state index in [1.54, 1.807) is 18.2 Å². The van der Waals surface area contributed by atoms with E-state index >= 15 is 0 Å². The molecule has 0 bridgehead atoms. The van der Waals surface area contributed by atoms with Crippen molar-refractivity contribution in [3.05, 3.63) is 42.5 Å². The molecule has 1 rings (SSSR count). The van der Waals surface area contributed by atoms with Gasteiger partial charge in [0.25, 0.3) is 5.91 Å². The summed E-state index contributed by atoms with van der Waals surface area (Å²) in [6, 6.07) is 5.47. The molecule has 0 aliphatic carbocycles. The van der Waals surface area contributed by atoms with Gasteiger partial charge >= 0.3 is 5.97 Å². The summed E-state index contributed by atoms with van der Waals surface area (Å²) in [6.07, 6.45) is 6.94. The number of carboxylic acid groups (broad SMARTS) is 1. The van der Waals surface area contributed by atoms with Gasteiger partial charge in [-0.15, -0.1) is 6.58 Å². The first-order valence-electron chi connectivity index (χ1n) is 8.46. The lowest BCUT2D eigenvalue weighted by atomic mass is 10.1. The fourth-order valence-electron chi connectivity index (χ4n) is 2.43. The van der Waals surface area contributed by atoms with Gasteiger partial charge in [-0.1, -0.05) is 31.4 Å². The maximum atomic E-state index is 12.3. The lowest BCUT2D eigenvalue weighted by Crippen LogP contribution is -2.40. The Morgan fingerprint density at radius 3 is 2.56 bits per heavy atom. The van der Waals surface area contributed by atoms with Gasteiger partial charge in [-0.25, -0.2) is 4.79 Å². The van der Waals surface area contributed by atoms with E-state index in [4.69, 9.17) is 0 Å². The fourth-order valence-corrected chi connectivity index (χ4v) is 2.43. The monoisotopic (exact) mass is 346 g/mol. The molecule has 0 radical (unpaired) electrons. The van der Waals surface area contributed by atoms with Gasteiger partial charge in [-0.3, -0.25) is 9.59 Å².